The van der Waals surface area contributed by atoms with Gasteiger partial charge in [-0.1, -0.05) is 0 Å². The van der Waals surface area contributed by atoms with E-state index in [1.165, 1.54) is 11.3 Å². The maximum Gasteiger partial charge on any atom is 0.303 e. The molecule has 17 heavy (non-hydrogen) atoms. The molecule has 2 aromatic rings. The van der Waals surface area contributed by atoms with Gasteiger partial charge in [-0.3, -0.25) is 9.78 Å². The molecule has 0 atom stereocenters. The summed E-state index contributed by atoms with van der Waals surface area (Å²) in [5.41, 5.74) is 2.61. The van der Waals surface area contributed by atoms with Crippen LogP contribution in [0.5, 0.6) is 0 Å². The zero-order valence-corrected chi connectivity index (χ0v) is 10.6. The van der Waals surface area contributed by atoms with Crippen molar-refractivity contribution in [3.05, 3.63) is 27.7 Å². The number of hydrogen-bond acceptors (Lipinski definition) is 6. The lowest BCUT2D eigenvalue weighted by Gasteiger charge is -1.98. The van der Waals surface area contributed by atoms with E-state index in [0.717, 1.165) is 15.7 Å². The summed E-state index contributed by atoms with van der Waals surface area (Å²) in [4.78, 5) is 19.9. The molecule has 2 N–H and O–H groups in total. The summed E-state index contributed by atoms with van der Waals surface area (Å²) in [5, 5.41) is 14.5. The number of anilines is 1. The standard InChI is InChI=1S/C10H11N3O2S2/c14-9(15)2-1-7-5-16-10(13-7)12-4-8-3-11-6-17-8/h3,5-6H,1-2,4H2,(H,12,13)(H,14,15). The normalized spacial score (nSPS) is 10.4. The second-order valence-corrected chi connectivity index (χ2v) is 5.19. The molecule has 7 heteroatoms. The highest BCUT2D eigenvalue weighted by atomic mass is 32.1. The number of nitrogens with zero attached hydrogens (tertiary/aromatic N) is 2. The van der Waals surface area contributed by atoms with Crippen molar-refractivity contribution in [2.24, 2.45) is 0 Å². The van der Waals surface area contributed by atoms with Gasteiger partial charge in [0, 0.05) is 22.9 Å². The van der Waals surface area contributed by atoms with Gasteiger partial charge in [-0.25, -0.2) is 4.98 Å². The zero-order chi connectivity index (χ0) is 12.1. The number of carboxylic acid groups (broad SMARTS) is 1. The van der Waals surface area contributed by atoms with Crippen LogP contribution >= 0.6 is 22.7 Å². The lowest BCUT2D eigenvalue weighted by Crippen LogP contribution is -1.99. The van der Waals surface area contributed by atoms with Gasteiger partial charge in [0.1, 0.15) is 0 Å². The molecule has 0 unspecified atom stereocenters. The Bertz CT molecular complexity index is 481. The van der Waals surface area contributed by atoms with E-state index < -0.39 is 5.97 Å². The smallest absolute Gasteiger partial charge is 0.303 e. The molecule has 0 radical (unpaired) electrons. The summed E-state index contributed by atoms with van der Waals surface area (Å²) < 4.78 is 0. The quantitative estimate of drug-likeness (QED) is 0.841. The van der Waals surface area contributed by atoms with Crippen LogP contribution < -0.4 is 5.32 Å². The molecular weight excluding hydrogens is 258 g/mol. The predicted molar refractivity (Wildman–Crippen MR) is 67.5 cm³/mol. The Kier molecular flexibility index (Phi) is 4.05. The fourth-order valence-electron chi connectivity index (χ4n) is 1.23. The molecule has 2 heterocycles. The zero-order valence-electron chi connectivity index (χ0n) is 8.92. The molecule has 0 saturated carbocycles. The fraction of sp³-hybridized carbons (Fsp3) is 0.300. The average Bonchev–Trinajstić information content (AvgIpc) is 2.95. The third kappa shape index (κ3) is 3.79. The first-order chi connectivity index (χ1) is 8.24. The van der Waals surface area contributed by atoms with Gasteiger partial charge in [0.05, 0.1) is 24.2 Å². The van der Waals surface area contributed by atoms with Gasteiger partial charge >= 0.3 is 5.97 Å². The molecule has 0 aliphatic rings. The molecule has 5 nitrogen and oxygen atoms in total. The van der Waals surface area contributed by atoms with E-state index >= 15 is 0 Å². The van der Waals surface area contributed by atoms with Crippen molar-refractivity contribution in [1.82, 2.24) is 9.97 Å². The van der Waals surface area contributed by atoms with E-state index in [0.29, 0.717) is 13.0 Å². The van der Waals surface area contributed by atoms with E-state index in [9.17, 15) is 4.79 Å². The molecule has 2 rings (SSSR count). The van der Waals surface area contributed by atoms with Crippen LogP contribution in [-0.4, -0.2) is 21.0 Å². The van der Waals surface area contributed by atoms with Gasteiger partial charge < -0.3 is 10.4 Å². The van der Waals surface area contributed by atoms with Crippen LogP contribution in [0.1, 0.15) is 17.0 Å². The number of aliphatic carboxylic acids is 1. The lowest BCUT2D eigenvalue weighted by atomic mass is 10.2. The van der Waals surface area contributed by atoms with Gasteiger partial charge in [-0.05, 0) is 0 Å². The maximum atomic E-state index is 10.4. The van der Waals surface area contributed by atoms with E-state index in [-0.39, 0.29) is 6.42 Å². The van der Waals surface area contributed by atoms with Crippen molar-refractivity contribution in [1.29, 1.82) is 0 Å². The number of carboxylic acids is 1. The Morgan fingerprint density at radius 2 is 2.35 bits per heavy atom. The molecular formula is C10H11N3O2S2. The number of aryl methyl sites for hydroxylation is 1. The first-order valence-electron chi connectivity index (χ1n) is 5.01. The summed E-state index contributed by atoms with van der Waals surface area (Å²) in [6, 6.07) is 0. The summed E-state index contributed by atoms with van der Waals surface area (Å²) in [6.07, 6.45) is 2.42. The molecule has 0 spiro atoms. The third-order valence-electron chi connectivity index (χ3n) is 2.04. The van der Waals surface area contributed by atoms with Crippen LogP contribution in [0.15, 0.2) is 17.1 Å². The van der Waals surface area contributed by atoms with Crippen molar-refractivity contribution in [2.45, 2.75) is 19.4 Å². The van der Waals surface area contributed by atoms with Crippen LogP contribution in [0.2, 0.25) is 0 Å². The molecule has 90 valence electrons. The highest BCUT2D eigenvalue weighted by Crippen LogP contribution is 2.18. The largest absolute Gasteiger partial charge is 0.481 e. The topological polar surface area (TPSA) is 75.1 Å². The maximum absolute atomic E-state index is 10.4. The number of rotatable bonds is 6. The van der Waals surface area contributed by atoms with Gasteiger partial charge in [-0.2, -0.15) is 0 Å². The highest BCUT2D eigenvalue weighted by molar-refractivity contribution is 7.13. The average molecular weight is 269 g/mol. The second kappa shape index (κ2) is 5.74. The van der Waals surface area contributed by atoms with Gasteiger partial charge in [0.15, 0.2) is 5.13 Å². The van der Waals surface area contributed by atoms with Crippen molar-refractivity contribution in [3.63, 3.8) is 0 Å². The summed E-state index contributed by atoms with van der Waals surface area (Å²) >= 11 is 3.08. The first-order valence-corrected chi connectivity index (χ1v) is 6.77. The minimum Gasteiger partial charge on any atom is -0.481 e. The number of hydrogen-bond donors (Lipinski definition) is 2. The van der Waals surface area contributed by atoms with Crippen molar-refractivity contribution >= 4 is 33.8 Å². The van der Waals surface area contributed by atoms with Gasteiger partial charge in [0.2, 0.25) is 0 Å². The minimum absolute atomic E-state index is 0.123. The molecule has 0 saturated heterocycles. The monoisotopic (exact) mass is 269 g/mol. The molecule has 0 bridgehead atoms. The Morgan fingerprint density at radius 3 is 3.06 bits per heavy atom. The van der Waals surface area contributed by atoms with Crippen molar-refractivity contribution in [2.75, 3.05) is 5.32 Å². The summed E-state index contributed by atoms with van der Waals surface area (Å²) in [6.45, 7) is 0.705. The van der Waals surface area contributed by atoms with Crippen molar-refractivity contribution < 1.29 is 9.90 Å². The summed E-state index contributed by atoms with van der Waals surface area (Å²) in [7, 11) is 0. The third-order valence-corrected chi connectivity index (χ3v) is 3.67. The van der Waals surface area contributed by atoms with Crippen LogP contribution in [-0.2, 0) is 17.8 Å². The molecule has 2 aromatic heterocycles. The second-order valence-electron chi connectivity index (χ2n) is 3.36. The molecule has 0 aromatic carbocycles. The van der Waals surface area contributed by atoms with Crippen molar-refractivity contribution in [3.8, 4) is 0 Å². The van der Waals surface area contributed by atoms with Crippen LogP contribution in [0.3, 0.4) is 0 Å². The van der Waals surface area contributed by atoms with Gasteiger partial charge in [-0.15, -0.1) is 22.7 Å². The number of nitrogens with one attached hydrogen (secondary N) is 1. The van der Waals surface area contributed by atoms with Crippen LogP contribution in [0.4, 0.5) is 5.13 Å². The minimum atomic E-state index is -0.794. The fourth-order valence-corrected chi connectivity index (χ4v) is 2.51. The number of aromatic nitrogens is 2. The van der Waals surface area contributed by atoms with Gasteiger partial charge in [0.25, 0.3) is 0 Å². The van der Waals surface area contributed by atoms with E-state index in [4.69, 9.17) is 5.11 Å². The lowest BCUT2D eigenvalue weighted by molar-refractivity contribution is -0.136. The molecule has 0 aliphatic carbocycles. The Balaban J connectivity index is 1.83. The van der Waals surface area contributed by atoms with E-state index in [1.807, 2.05) is 11.6 Å². The van der Waals surface area contributed by atoms with Crippen LogP contribution in [0.25, 0.3) is 0 Å². The SMILES string of the molecule is O=C(O)CCc1csc(NCc2cncs2)n1. The Morgan fingerprint density at radius 1 is 1.47 bits per heavy atom. The molecule has 0 aliphatic heterocycles. The first kappa shape index (κ1) is 12.0. The molecule has 0 fully saturated rings. The number of thiazole rings is 2. The summed E-state index contributed by atoms with van der Waals surface area (Å²) in [5.74, 6) is -0.794. The Labute approximate surface area is 106 Å². The molecule has 0 amide bonds. The highest BCUT2D eigenvalue weighted by Gasteiger charge is 2.04. The Hall–Kier alpha value is -1.47. The predicted octanol–water partition coefficient (Wildman–Crippen LogP) is 2.23. The van der Waals surface area contributed by atoms with E-state index in [1.54, 1.807) is 16.8 Å². The number of carbonyl (C=O) groups is 1. The van der Waals surface area contributed by atoms with Crippen LogP contribution in [0, 0.1) is 0 Å². The van der Waals surface area contributed by atoms with E-state index in [2.05, 4.69) is 15.3 Å².